The predicted octanol–water partition coefficient (Wildman–Crippen LogP) is 2.17. The second kappa shape index (κ2) is 8.00. The summed E-state index contributed by atoms with van der Waals surface area (Å²) in [7, 11) is 1.63. The van der Waals surface area contributed by atoms with Gasteiger partial charge in [0.05, 0.1) is 6.10 Å². The summed E-state index contributed by atoms with van der Waals surface area (Å²) in [5.41, 5.74) is 0.631. The van der Waals surface area contributed by atoms with Crippen LogP contribution in [-0.4, -0.2) is 31.3 Å². The minimum Gasteiger partial charge on any atom is -0.380 e. The first-order chi connectivity index (χ1) is 8.69. The van der Waals surface area contributed by atoms with Crippen LogP contribution in [0.4, 0.5) is 10.2 Å². The van der Waals surface area contributed by atoms with E-state index >= 15 is 0 Å². The molecule has 0 spiro atoms. The van der Waals surface area contributed by atoms with Gasteiger partial charge in [-0.25, -0.2) is 9.37 Å². The average Bonchev–Trinajstić information content (AvgIpc) is 2.39. The zero-order valence-corrected chi connectivity index (χ0v) is 11.3. The van der Waals surface area contributed by atoms with E-state index in [-0.39, 0.29) is 17.7 Å². The SMILES string of the molecule is CCCNCc1ccnc(NCC(C)OC)c1F. The first kappa shape index (κ1) is 14.9. The number of anilines is 1. The molecule has 5 heteroatoms. The predicted molar refractivity (Wildman–Crippen MR) is 71.2 cm³/mol. The summed E-state index contributed by atoms with van der Waals surface area (Å²) >= 11 is 0. The summed E-state index contributed by atoms with van der Waals surface area (Å²) in [4.78, 5) is 4.00. The van der Waals surface area contributed by atoms with Gasteiger partial charge in [0.1, 0.15) is 0 Å². The average molecular weight is 255 g/mol. The lowest BCUT2D eigenvalue weighted by atomic mass is 10.2. The number of nitrogens with one attached hydrogen (secondary N) is 2. The van der Waals surface area contributed by atoms with E-state index in [1.807, 2.05) is 6.92 Å². The van der Waals surface area contributed by atoms with Gasteiger partial charge in [-0.3, -0.25) is 0 Å². The molecule has 0 aromatic carbocycles. The molecule has 0 radical (unpaired) electrons. The van der Waals surface area contributed by atoms with Crippen LogP contribution < -0.4 is 10.6 Å². The fraction of sp³-hybridized carbons (Fsp3) is 0.615. The van der Waals surface area contributed by atoms with Crippen molar-refractivity contribution in [3.05, 3.63) is 23.6 Å². The van der Waals surface area contributed by atoms with Gasteiger partial charge in [-0.2, -0.15) is 0 Å². The van der Waals surface area contributed by atoms with Crippen molar-refractivity contribution in [1.29, 1.82) is 0 Å². The first-order valence-electron chi connectivity index (χ1n) is 6.29. The van der Waals surface area contributed by atoms with Crippen molar-refractivity contribution in [2.75, 3.05) is 25.5 Å². The van der Waals surface area contributed by atoms with E-state index in [0.717, 1.165) is 13.0 Å². The van der Waals surface area contributed by atoms with E-state index in [4.69, 9.17) is 4.74 Å². The van der Waals surface area contributed by atoms with Crippen LogP contribution in [0.3, 0.4) is 0 Å². The fourth-order valence-electron chi connectivity index (χ4n) is 1.47. The first-order valence-corrected chi connectivity index (χ1v) is 6.29. The highest BCUT2D eigenvalue weighted by molar-refractivity contribution is 5.39. The van der Waals surface area contributed by atoms with Crippen molar-refractivity contribution in [3.63, 3.8) is 0 Å². The molecule has 1 rings (SSSR count). The van der Waals surface area contributed by atoms with Gasteiger partial charge in [0.25, 0.3) is 0 Å². The molecule has 0 saturated carbocycles. The molecule has 1 aromatic heterocycles. The Hall–Kier alpha value is -1.20. The van der Waals surface area contributed by atoms with Crippen molar-refractivity contribution in [3.8, 4) is 0 Å². The van der Waals surface area contributed by atoms with Crippen LogP contribution >= 0.6 is 0 Å². The largest absolute Gasteiger partial charge is 0.380 e. The van der Waals surface area contributed by atoms with Crippen LogP contribution in [0.15, 0.2) is 12.3 Å². The molecule has 0 aliphatic rings. The topological polar surface area (TPSA) is 46.2 Å². The fourth-order valence-corrected chi connectivity index (χ4v) is 1.47. The monoisotopic (exact) mass is 255 g/mol. The Labute approximate surface area is 108 Å². The number of rotatable bonds is 8. The summed E-state index contributed by atoms with van der Waals surface area (Å²) in [6.07, 6.45) is 2.67. The zero-order chi connectivity index (χ0) is 13.4. The van der Waals surface area contributed by atoms with Crippen LogP contribution in [0, 0.1) is 5.82 Å². The van der Waals surface area contributed by atoms with Gasteiger partial charge in [-0.1, -0.05) is 6.92 Å². The van der Waals surface area contributed by atoms with E-state index < -0.39 is 0 Å². The maximum absolute atomic E-state index is 14.0. The normalized spacial score (nSPS) is 12.4. The van der Waals surface area contributed by atoms with Crippen LogP contribution in [0.25, 0.3) is 0 Å². The van der Waals surface area contributed by atoms with E-state index in [2.05, 4.69) is 22.5 Å². The van der Waals surface area contributed by atoms with Crippen molar-refractivity contribution in [1.82, 2.24) is 10.3 Å². The Kier molecular flexibility index (Phi) is 6.60. The molecule has 1 aromatic rings. The van der Waals surface area contributed by atoms with E-state index in [1.165, 1.54) is 0 Å². The highest BCUT2D eigenvalue weighted by atomic mass is 19.1. The van der Waals surface area contributed by atoms with Crippen molar-refractivity contribution >= 4 is 5.82 Å². The molecule has 0 amide bonds. The Morgan fingerprint density at radius 2 is 2.28 bits per heavy atom. The van der Waals surface area contributed by atoms with E-state index in [1.54, 1.807) is 19.4 Å². The Morgan fingerprint density at radius 3 is 2.94 bits per heavy atom. The standard InChI is InChI=1S/C13H22FN3O/c1-4-6-15-9-11-5-7-16-13(12(11)14)17-8-10(2)18-3/h5,7,10,15H,4,6,8-9H2,1-3H3,(H,16,17). The van der Waals surface area contributed by atoms with E-state index in [9.17, 15) is 4.39 Å². The zero-order valence-electron chi connectivity index (χ0n) is 11.3. The third-order valence-electron chi connectivity index (χ3n) is 2.67. The number of pyridine rings is 1. The molecule has 1 heterocycles. The number of nitrogens with zero attached hydrogens (tertiary/aromatic N) is 1. The molecule has 0 bridgehead atoms. The number of halogens is 1. The minimum absolute atomic E-state index is 0.0214. The van der Waals surface area contributed by atoms with Crippen LogP contribution in [0.5, 0.6) is 0 Å². The summed E-state index contributed by atoms with van der Waals surface area (Å²) in [5, 5.41) is 6.13. The second-order valence-electron chi connectivity index (χ2n) is 4.24. The number of aromatic nitrogens is 1. The smallest absolute Gasteiger partial charge is 0.169 e. The summed E-state index contributed by atoms with van der Waals surface area (Å²) < 4.78 is 19.1. The quantitative estimate of drug-likeness (QED) is 0.699. The Balaban J connectivity index is 2.60. The van der Waals surface area contributed by atoms with Gasteiger partial charge >= 0.3 is 0 Å². The Bertz CT molecular complexity index is 360. The molecule has 1 atom stereocenters. The van der Waals surface area contributed by atoms with Crippen molar-refractivity contribution < 1.29 is 9.13 Å². The molecular formula is C13H22FN3O. The molecule has 0 aliphatic carbocycles. The molecule has 4 nitrogen and oxygen atoms in total. The second-order valence-corrected chi connectivity index (χ2v) is 4.24. The highest BCUT2D eigenvalue weighted by Crippen LogP contribution is 2.15. The van der Waals surface area contributed by atoms with Gasteiger partial charge in [0.15, 0.2) is 11.6 Å². The highest BCUT2D eigenvalue weighted by Gasteiger charge is 2.09. The van der Waals surface area contributed by atoms with Gasteiger partial charge in [0, 0.05) is 32.0 Å². The van der Waals surface area contributed by atoms with Crippen molar-refractivity contribution in [2.24, 2.45) is 0 Å². The van der Waals surface area contributed by atoms with Gasteiger partial charge < -0.3 is 15.4 Å². The van der Waals surface area contributed by atoms with Crippen LogP contribution in [0.1, 0.15) is 25.8 Å². The molecule has 0 fully saturated rings. The maximum Gasteiger partial charge on any atom is 0.169 e. The van der Waals surface area contributed by atoms with Gasteiger partial charge in [-0.15, -0.1) is 0 Å². The molecular weight excluding hydrogens is 233 g/mol. The molecule has 18 heavy (non-hydrogen) atoms. The lowest BCUT2D eigenvalue weighted by Crippen LogP contribution is -2.20. The third-order valence-corrected chi connectivity index (χ3v) is 2.67. The molecule has 1 unspecified atom stereocenters. The van der Waals surface area contributed by atoms with Gasteiger partial charge in [0.2, 0.25) is 0 Å². The number of ether oxygens (including phenoxy) is 1. The lowest BCUT2D eigenvalue weighted by molar-refractivity contribution is 0.128. The molecule has 2 N–H and O–H groups in total. The molecule has 0 saturated heterocycles. The number of methoxy groups -OCH3 is 1. The van der Waals surface area contributed by atoms with Crippen molar-refractivity contribution in [2.45, 2.75) is 32.9 Å². The van der Waals surface area contributed by atoms with E-state index in [0.29, 0.717) is 18.7 Å². The summed E-state index contributed by atoms with van der Waals surface area (Å²) in [6, 6.07) is 1.70. The Morgan fingerprint density at radius 1 is 1.50 bits per heavy atom. The molecule has 102 valence electrons. The maximum atomic E-state index is 14.0. The van der Waals surface area contributed by atoms with Gasteiger partial charge in [-0.05, 0) is 26.0 Å². The lowest BCUT2D eigenvalue weighted by Gasteiger charge is -2.13. The molecule has 0 aliphatic heterocycles. The summed E-state index contributed by atoms with van der Waals surface area (Å²) in [6.45, 7) is 5.93. The third kappa shape index (κ3) is 4.58. The minimum atomic E-state index is -0.288. The van der Waals surface area contributed by atoms with Crippen LogP contribution in [0.2, 0.25) is 0 Å². The summed E-state index contributed by atoms with van der Waals surface area (Å²) in [5.74, 6) is -0.000829. The number of hydrogen-bond donors (Lipinski definition) is 2. The number of hydrogen-bond acceptors (Lipinski definition) is 4. The van der Waals surface area contributed by atoms with Crippen LogP contribution in [-0.2, 0) is 11.3 Å².